The van der Waals surface area contributed by atoms with Gasteiger partial charge in [0, 0.05) is 5.69 Å². The van der Waals surface area contributed by atoms with E-state index < -0.39 is 11.3 Å². The van der Waals surface area contributed by atoms with Crippen LogP contribution in [-0.4, -0.2) is 21.9 Å². The van der Waals surface area contributed by atoms with Crippen molar-refractivity contribution in [2.24, 2.45) is 5.41 Å². The summed E-state index contributed by atoms with van der Waals surface area (Å²) in [5, 5.41) is 3.47. The Morgan fingerprint density at radius 2 is 1.76 bits per heavy atom. The molecule has 0 saturated carbocycles. The van der Waals surface area contributed by atoms with Crippen molar-refractivity contribution in [2.45, 2.75) is 19.3 Å². The molecule has 2 aromatic rings. The van der Waals surface area contributed by atoms with Gasteiger partial charge < -0.3 is 5.32 Å². The van der Waals surface area contributed by atoms with Gasteiger partial charge in [-0.05, 0) is 72.2 Å². The van der Waals surface area contributed by atoms with E-state index in [9.17, 15) is 4.21 Å². The van der Waals surface area contributed by atoms with Crippen LogP contribution >= 0.6 is 0 Å². The fourth-order valence-electron chi connectivity index (χ4n) is 4.05. The molecule has 1 unspecified atom stereocenters. The molecule has 0 amide bonds. The normalized spacial score (nSPS) is 19.8. The van der Waals surface area contributed by atoms with Gasteiger partial charge in [-0.2, -0.15) is 0 Å². The molecule has 2 aliphatic rings. The van der Waals surface area contributed by atoms with E-state index in [4.69, 9.17) is 4.55 Å². The molecule has 1 saturated heterocycles. The minimum Gasteiger partial charge on any atom is -0.317 e. The summed E-state index contributed by atoms with van der Waals surface area (Å²) in [6, 6.07) is 16.4. The Labute approximate surface area is 150 Å². The summed E-state index contributed by atoms with van der Waals surface area (Å²) < 4.78 is 22.4. The first-order valence-corrected chi connectivity index (χ1v) is 9.76. The lowest BCUT2D eigenvalue weighted by molar-refractivity contribution is 0.268. The third-order valence-electron chi connectivity index (χ3n) is 5.30. The summed E-state index contributed by atoms with van der Waals surface area (Å²) in [5.41, 5.74) is 6.03. The molecular weight excluding hydrogens is 332 g/mol. The zero-order valence-electron chi connectivity index (χ0n) is 14.0. The molecule has 1 aliphatic heterocycles. The van der Waals surface area contributed by atoms with Crippen molar-refractivity contribution in [1.29, 1.82) is 0 Å². The van der Waals surface area contributed by atoms with Crippen LogP contribution in [0.4, 0.5) is 5.69 Å². The van der Waals surface area contributed by atoms with Crippen LogP contribution in [0.25, 0.3) is 5.57 Å². The molecule has 1 fully saturated rings. The predicted molar refractivity (Wildman–Crippen MR) is 103 cm³/mol. The molecule has 1 heterocycles. The van der Waals surface area contributed by atoms with Crippen LogP contribution in [0.2, 0.25) is 0 Å². The van der Waals surface area contributed by atoms with Gasteiger partial charge in [-0.25, -0.2) is 4.21 Å². The number of nitrogens with one attached hydrogen (secondary N) is 2. The Morgan fingerprint density at radius 1 is 1.04 bits per heavy atom. The highest BCUT2D eigenvalue weighted by Crippen LogP contribution is 2.44. The molecule has 1 atom stereocenters. The molecular formula is C20H22N2O2S. The molecule has 130 valence electrons. The van der Waals surface area contributed by atoms with E-state index in [1.807, 2.05) is 24.3 Å². The fourth-order valence-corrected chi connectivity index (χ4v) is 4.39. The second-order valence-corrected chi connectivity index (χ2v) is 7.64. The maximum atomic E-state index is 10.9. The van der Waals surface area contributed by atoms with Gasteiger partial charge in [0.15, 0.2) is 0 Å². The van der Waals surface area contributed by atoms with E-state index in [1.54, 1.807) is 0 Å². The first kappa shape index (κ1) is 16.5. The van der Waals surface area contributed by atoms with Gasteiger partial charge in [0.1, 0.15) is 0 Å². The van der Waals surface area contributed by atoms with E-state index in [1.165, 1.54) is 16.7 Å². The van der Waals surface area contributed by atoms with Crippen molar-refractivity contribution >= 4 is 22.5 Å². The molecule has 4 nitrogen and oxygen atoms in total. The first-order chi connectivity index (χ1) is 12.2. The zero-order chi connectivity index (χ0) is 17.3. The SMILES string of the molecule is O=S(O)Nc1ccc(C2=CC3(CCNCC3)Cc3ccccc32)cc1. The van der Waals surface area contributed by atoms with Crippen molar-refractivity contribution in [2.75, 3.05) is 17.8 Å². The Morgan fingerprint density at radius 3 is 2.48 bits per heavy atom. The summed E-state index contributed by atoms with van der Waals surface area (Å²) in [4.78, 5) is 0. The van der Waals surface area contributed by atoms with E-state index in [2.05, 4.69) is 40.4 Å². The number of hydrogen-bond acceptors (Lipinski definition) is 2. The first-order valence-electron chi connectivity index (χ1n) is 8.65. The molecule has 3 N–H and O–H groups in total. The number of allylic oxidation sites excluding steroid dienone is 1. The van der Waals surface area contributed by atoms with Crippen molar-refractivity contribution in [1.82, 2.24) is 5.32 Å². The zero-order valence-corrected chi connectivity index (χ0v) is 14.8. The number of fused-ring (bicyclic) bond motifs is 1. The van der Waals surface area contributed by atoms with Crippen LogP contribution in [0.3, 0.4) is 0 Å². The van der Waals surface area contributed by atoms with Crippen LogP contribution < -0.4 is 10.0 Å². The highest BCUT2D eigenvalue weighted by atomic mass is 32.2. The van der Waals surface area contributed by atoms with E-state index >= 15 is 0 Å². The average molecular weight is 354 g/mol. The van der Waals surface area contributed by atoms with Gasteiger partial charge in [-0.15, -0.1) is 0 Å². The molecule has 0 aromatic heterocycles. The Balaban J connectivity index is 1.75. The Kier molecular flexibility index (Phi) is 4.46. The van der Waals surface area contributed by atoms with Crippen LogP contribution in [0.15, 0.2) is 54.6 Å². The molecule has 4 rings (SSSR count). The van der Waals surface area contributed by atoms with Gasteiger partial charge in [0.05, 0.1) is 0 Å². The summed E-state index contributed by atoms with van der Waals surface area (Å²) in [6.07, 6.45) is 5.90. The van der Waals surface area contributed by atoms with Crippen LogP contribution in [-0.2, 0) is 17.7 Å². The van der Waals surface area contributed by atoms with Gasteiger partial charge in [-0.3, -0.25) is 9.27 Å². The lowest BCUT2D eigenvalue weighted by Crippen LogP contribution is -2.38. The Hall–Kier alpha value is -1.95. The quantitative estimate of drug-likeness (QED) is 0.738. The number of benzene rings is 2. The molecule has 5 heteroatoms. The van der Waals surface area contributed by atoms with Gasteiger partial charge in [0.2, 0.25) is 0 Å². The van der Waals surface area contributed by atoms with E-state index in [-0.39, 0.29) is 5.41 Å². The van der Waals surface area contributed by atoms with Crippen molar-refractivity contribution in [3.05, 3.63) is 71.3 Å². The standard InChI is InChI=1S/C20H22N2O2S/c23-25(24)22-17-7-5-15(6-8-17)19-14-20(9-11-21-12-10-20)13-16-3-1-2-4-18(16)19/h1-8,14,21-22H,9-13H2,(H,23,24). The van der Waals surface area contributed by atoms with E-state index in [0.717, 1.165) is 37.9 Å². The van der Waals surface area contributed by atoms with Crippen LogP contribution in [0, 0.1) is 5.41 Å². The molecule has 1 spiro atoms. The summed E-state index contributed by atoms with van der Waals surface area (Å²) in [5.74, 6) is 0. The monoisotopic (exact) mass is 354 g/mol. The lowest BCUT2D eigenvalue weighted by atomic mass is 9.67. The van der Waals surface area contributed by atoms with Gasteiger partial charge >= 0.3 is 0 Å². The molecule has 0 radical (unpaired) electrons. The summed E-state index contributed by atoms with van der Waals surface area (Å²) >= 11 is -2.04. The maximum Gasteiger partial charge on any atom is 0.259 e. The second kappa shape index (κ2) is 6.75. The minimum atomic E-state index is -2.04. The third-order valence-corrected chi connectivity index (χ3v) is 5.71. The number of rotatable bonds is 3. The predicted octanol–water partition coefficient (Wildman–Crippen LogP) is 3.59. The second-order valence-electron chi connectivity index (χ2n) is 6.93. The van der Waals surface area contributed by atoms with Gasteiger partial charge in [-0.1, -0.05) is 42.5 Å². The number of anilines is 1. The van der Waals surface area contributed by atoms with E-state index in [0.29, 0.717) is 5.69 Å². The molecule has 25 heavy (non-hydrogen) atoms. The molecule has 0 bridgehead atoms. The molecule has 2 aromatic carbocycles. The summed E-state index contributed by atoms with van der Waals surface area (Å²) in [7, 11) is 0. The van der Waals surface area contributed by atoms with Crippen LogP contribution in [0.1, 0.15) is 29.5 Å². The highest BCUT2D eigenvalue weighted by Gasteiger charge is 2.34. The van der Waals surface area contributed by atoms with Gasteiger partial charge in [0.25, 0.3) is 11.3 Å². The topological polar surface area (TPSA) is 61.4 Å². The summed E-state index contributed by atoms with van der Waals surface area (Å²) in [6.45, 7) is 2.13. The number of piperidine rings is 1. The fraction of sp³-hybridized carbons (Fsp3) is 0.300. The minimum absolute atomic E-state index is 0.235. The third kappa shape index (κ3) is 3.40. The maximum absolute atomic E-state index is 10.9. The lowest BCUT2D eigenvalue weighted by Gasteiger charge is -2.39. The largest absolute Gasteiger partial charge is 0.317 e. The van der Waals surface area contributed by atoms with Crippen molar-refractivity contribution in [3.8, 4) is 0 Å². The van der Waals surface area contributed by atoms with Crippen LogP contribution in [0.5, 0.6) is 0 Å². The Bertz CT molecular complexity index is 824. The molecule has 1 aliphatic carbocycles. The smallest absolute Gasteiger partial charge is 0.259 e. The van der Waals surface area contributed by atoms with Crippen molar-refractivity contribution < 1.29 is 8.76 Å². The average Bonchev–Trinajstić information content (AvgIpc) is 2.62. The highest BCUT2D eigenvalue weighted by molar-refractivity contribution is 7.80. The number of hydrogen-bond donors (Lipinski definition) is 3. The van der Waals surface area contributed by atoms with Crippen molar-refractivity contribution in [3.63, 3.8) is 0 Å².